The molecule has 0 atom stereocenters. The van der Waals surface area contributed by atoms with Gasteiger partial charge < -0.3 is 15.4 Å². The molecule has 8 heteroatoms. The van der Waals surface area contributed by atoms with Crippen LogP contribution in [0.4, 0.5) is 5.69 Å². The average Bonchev–Trinajstić information content (AvgIpc) is 2.54. The SMILES string of the molecule is O=C(COc1cccc(Cl)c1)NCC(=O)Nc1cc(Cl)ccc1Cl. The Bertz CT molecular complexity index is 753. The summed E-state index contributed by atoms with van der Waals surface area (Å²) in [5.41, 5.74) is 0.374. The highest BCUT2D eigenvalue weighted by molar-refractivity contribution is 6.35. The monoisotopic (exact) mass is 386 g/mol. The predicted octanol–water partition coefficient (Wildman–Crippen LogP) is 3.78. The van der Waals surface area contributed by atoms with Crippen LogP contribution in [0.25, 0.3) is 0 Å². The number of ether oxygens (including phenoxy) is 1. The predicted molar refractivity (Wildman–Crippen MR) is 95.0 cm³/mol. The quantitative estimate of drug-likeness (QED) is 0.792. The molecule has 0 heterocycles. The van der Waals surface area contributed by atoms with Crippen molar-refractivity contribution in [2.45, 2.75) is 0 Å². The molecular weight excluding hydrogens is 375 g/mol. The molecule has 0 aromatic heterocycles. The molecule has 0 saturated heterocycles. The Morgan fingerprint density at radius 1 is 0.958 bits per heavy atom. The van der Waals surface area contributed by atoms with Crippen molar-refractivity contribution < 1.29 is 14.3 Å². The molecular formula is C16H13Cl3N2O3. The summed E-state index contributed by atoms with van der Waals surface area (Å²) in [5, 5.41) is 6.29. The Labute approximate surface area is 153 Å². The number of anilines is 1. The third kappa shape index (κ3) is 5.92. The lowest BCUT2D eigenvalue weighted by Crippen LogP contribution is -2.35. The Kier molecular flexibility index (Phi) is 6.73. The molecule has 5 nitrogen and oxygen atoms in total. The van der Waals surface area contributed by atoms with Crippen LogP contribution in [0.2, 0.25) is 15.1 Å². The van der Waals surface area contributed by atoms with Gasteiger partial charge in [-0.1, -0.05) is 40.9 Å². The Balaban J connectivity index is 1.77. The molecule has 2 amide bonds. The molecule has 0 aliphatic carbocycles. The zero-order valence-electron chi connectivity index (χ0n) is 12.3. The number of benzene rings is 2. The number of carbonyl (C=O) groups excluding carboxylic acids is 2. The molecule has 0 aliphatic rings. The number of hydrogen-bond donors (Lipinski definition) is 2. The molecule has 0 unspecified atom stereocenters. The molecule has 2 N–H and O–H groups in total. The molecule has 2 rings (SSSR count). The minimum atomic E-state index is -0.442. The lowest BCUT2D eigenvalue weighted by atomic mass is 10.3. The fourth-order valence-electron chi connectivity index (χ4n) is 1.72. The number of amides is 2. The maximum atomic E-state index is 11.8. The van der Waals surface area contributed by atoms with Crippen LogP contribution in [-0.2, 0) is 9.59 Å². The number of halogens is 3. The van der Waals surface area contributed by atoms with E-state index < -0.39 is 11.8 Å². The highest BCUT2D eigenvalue weighted by Crippen LogP contribution is 2.25. The van der Waals surface area contributed by atoms with Crippen molar-refractivity contribution >= 4 is 52.3 Å². The van der Waals surface area contributed by atoms with Crippen LogP contribution in [0, 0.1) is 0 Å². The van der Waals surface area contributed by atoms with Crippen LogP contribution < -0.4 is 15.4 Å². The van der Waals surface area contributed by atoms with E-state index in [4.69, 9.17) is 39.5 Å². The standard InChI is InChI=1S/C16H13Cl3N2O3/c17-10-2-1-3-12(6-10)24-9-16(23)20-8-15(22)21-14-7-11(18)4-5-13(14)19/h1-7H,8-9H2,(H,20,23)(H,21,22). The first-order valence-corrected chi connectivity index (χ1v) is 7.97. The van der Waals surface area contributed by atoms with E-state index in [0.29, 0.717) is 26.5 Å². The first-order valence-electron chi connectivity index (χ1n) is 6.84. The Morgan fingerprint density at radius 2 is 1.71 bits per heavy atom. The Hall–Kier alpha value is -1.95. The molecule has 2 aromatic rings. The average molecular weight is 388 g/mol. The second-order valence-corrected chi connectivity index (χ2v) is 5.98. The van der Waals surface area contributed by atoms with Gasteiger partial charge in [0.25, 0.3) is 5.91 Å². The molecule has 126 valence electrons. The summed E-state index contributed by atoms with van der Waals surface area (Å²) in [5.74, 6) is -0.412. The summed E-state index contributed by atoms with van der Waals surface area (Å²) in [6.45, 7) is -0.452. The van der Waals surface area contributed by atoms with Gasteiger partial charge in [0, 0.05) is 10.0 Å². The molecule has 0 radical (unpaired) electrons. The van der Waals surface area contributed by atoms with Crippen molar-refractivity contribution in [3.8, 4) is 5.75 Å². The van der Waals surface area contributed by atoms with Gasteiger partial charge in [-0.15, -0.1) is 0 Å². The van der Waals surface area contributed by atoms with E-state index in [1.807, 2.05) is 0 Å². The van der Waals surface area contributed by atoms with Gasteiger partial charge in [-0.05, 0) is 36.4 Å². The van der Waals surface area contributed by atoms with E-state index in [1.165, 1.54) is 6.07 Å². The second-order valence-electron chi connectivity index (χ2n) is 4.70. The van der Waals surface area contributed by atoms with Gasteiger partial charge in [0.05, 0.1) is 17.3 Å². The molecule has 2 aromatic carbocycles. The molecule has 0 bridgehead atoms. The van der Waals surface area contributed by atoms with Crippen molar-refractivity contribution in [2.24, 2.45) is 0 Å². The highest BCUT2D eigenvalue weighted by Gasteiger charge is 2.09. The van der Waals surface area contributed by atoms with E-state index >= 15 is 0 Å². The molecule has 0 saturated carbocycles. The maximum Gasteiger partial charge on any atom is 0.258 e. The van der Waals surface area contributed by atoms with Crippen molar-refractivity contribution in [3.05, 3.63) is 57.5 Å². The molecule has 24 heavy (non-hydrogen) atoms. The number of carbonyl (C=O) groups is 2. The lowest BCUT2D eigenvalue weighted by Gasteiger charge is -2.09. The summed E-state index contributed by atoms with van der Waals surface area (Å²) in [4.78, 5) is 23.5. The van der Waals surface area contributed by atoms with Crippen LogP contribution >= 0.6 is 34.8 Å². The van der Waals surface area contributed by atoms with E-state index in [9.17, 15) is 9.59 Å². The molecule has 0 aliphatic heterocycles. The van der Waals surface area contributed by atoms with E-state index in [0.717, 1.165) is 0 Å². The van der Waals surface area contributed by atoms with Gasteiger partial charge in [-0.3, -0.25) is 9.59 Å². The maximum absolute atomic E-state index is 11.8. The zero-order valence-corrected chi connectivity index (χ0v) is 14.6. The minimum absolute atomic E-state index is 0.222. The largest absolute Gasteiger partial charge is 0.484 e. The van der Waals surface area contributed by atoms with Crippen LogP contribution in [0.15, 0.2) is 42.5 Å². The van der Waals surface area contributed by atoms with Crippen molar-refractivity contribution in [1.82, 2.24) is 5.32 Å². The van der Waals surface area contributed by atoms with Gasteiger partial charge in [0.1, 0.15) is 5.75 Å². The second kappa shape index (κ2) is 8.78. The lowest BCUT2D eigenvalue weighted by molar-refractivity contribution is -0.125. The third-order valence-corrected chi connectivity index (χ3v) is 3.61. The highest BCUT2D eigenvalue weighted by atomic mass is 35.5. The van der Waals surface area contributed by atoms with Gasteiger partial charge in [0.15, 0.2) is 6.61 Å². The van der Waals surface area contributed by atoms with E-state index in [-0.39, 0.29) is 13.2 Å². The van der Waals surface area contributed by atoms with Gasteiger partial charge in [-0.25, -0.2) is 0 Å². The smallest absolute Gasteiger partial charge is 0.258 e. The van der Waals surface area contributed by atoms with Crippen molar-refractivity contribution in [3.63, 3.8) is 0 Å². The van der Waals surface area contributed by atoms with Crippen LogP contribution in [-0.4, -0.2) is 25.0 Å². The van der Waals surface area contributed by atoms with Gasteiger partial charge in [0.2, 0.25) is 5.91 Å². The van der Waals surface area contributed by atoms with E-state index in [1.54, 1.807) is 36.4 Å². The first kappa shape index (κ1) is 18.4. The zero-order chi connectivity index (χ0) is 17.5. The first-order chi connectivity index (χ1) is 11.4. The van der Waals surface area contributed by atoms with Gasteiger partial charge >= 0.3 is 0 Å². The fourth-order valence-corrected chi connectivity index (χ4v) is 2.24. The van der Waals surface area contributed by atoms with Gasteiger partial charge in [-0.2, -0.15) is 0 Å². The summed E-state index contributed by atoms with van der Waals surface area (Å²) < 4.78 is 5.27. The van der Waals surface area contributed by atoms with E-state index in [2.05, 4.69) is 10.6 Å². The molecule has 0 fully saturated rings. The number of rotatable bonds is 6. The van der Waals surface area contributed by atoms with Crippen molar-refractivity contribution in [1.29, 1.82) is 0 Å². The van der Waals surface area contributed by atoms with Crippen LogP contribution in [0.5, 0.6) is 5.75 Å². The fraction of sp³-hybridized carbons (Fsp3) is 0.125. The minimum Gasteiger partial charge on any atom is -0.484 e. The summed E-state index contributed by atoms with van der Waals surface area (Å²) in [7, 11) is 0. The summed E-state index contributed by atoms with van der Waals surface area (Å²) >= 11 is 17.6. The van der Waals surface area contributed by atoms with Crippen LogP contribution in [0.1, 0.15) is 0 Å². The number of hydrogen-bond acceptors (Lipinski definition) is 3. The summed E-state index contributed by atoms with van der Waals surface area (Å²) in [6.07, 6.45) is 0. The molecule has 0 spiro atoms. The van der Waals surface area contributed by atoms with Crippen LogP contribution in [0.3, 0.4) is 0 Å². The normalized spacial score (nSPS) is 10.1. The topological polar surface area (TPSA) is 67.4 Å². The Morgan fingerprint density at radius 3 is 2.46 bits per heavy atom. The third-order valence-electron chi connectivity index (χ3n) is 2.81. The summed E-state index contributed by atoms with van der Waals surface area (Å²) in [6, 6.07) is 11.4. The number of nitrogens with one attached hydrogen (secondary N) is 2. The van der Waals surface area contributed by atoms with Crippen molar-refractivity contribution in [2.75, 3.05) is 18.5 Å².